The standard InChI is InChI=1S/C19H22N2O3S/c1-12-8-9-14(23-5)15-16(12)25-18(20-15)21(17(22)19(2,3)4)11-13-7-6-10-24-13/h6-10H,11H2,1-5H3. The molecule has 0 N–H and O–H groups in total. The Kier molecular flexibility index (Phi) is 4.56. The normalized spacial score (nSPS) is 11.7. The van der Waals surface area contributed by atoms with Crippen LogP contribution in [-0.2, 0) is 11.3 Å². The van der Waals surface area contributed by atoms with Crippen LogP contribution in [0.4, 0.5) is 5.13 Å². The molecule has 1 aromatic carbocycles. The molecule has 0 radical (unpaired) electrons. The maximum atomic E-state index is 13.0. The first-order valence-corrected chi connectivity index (χ1v) is 8.91. The first kappa shape index (κ1) is 17.5. The first-order chi connectivity index (χ1) is 11.8. The number of furan rings is 1. The molecule has 0 atom stereocenters. The number of benzene rings is 1. The lowest BCUT2D eigenvalue weighted by atomic mass is 9.95. The highest BCUT2D eigenvalue weighted by Gasteiger charge is 2.31. The summed E-state index contributed by atoms with van der Waals surface area (Å²) < 4.78 is 11.9. The lowest BCUT2D eigenvalue weighted by Crippen LogP contribution is -2.39. The number of fused-ring (bicyclic) bond motifs is 1. The number of hydrogen-bond acceptors (Lipinski definition) is 5. The van der Waals surface area contributed by atoms with E-state index in [0.29, 0.717) is 17.4 Å². The fourth-order valence-corrected chi connectivity index (χ4v) is 3.62. The number of ether oxygens (including phenoxy) is 1. The van der Waals surface area contributed by atoms with Gasteiger partial charge >= 0.3 is 0 Å². The molecule has 2 heterocycles. The summed E-state index contributed by atoms with van der Waals surface area (Å²) in [5.74, 6) is 1.43. The quantitative estimate of drug-likeness (QED) is 0.673. The van der Waals surface area contributed by atoms with Gasteiger partial charge in [-0.1, -0.05) is 38.2 Å². The third-order valence-electron chi connectivity index (χ3n) is 3.92. The number of nitrogens with zero attached hydrogens (tertiary/aromatic N) is 2. The number of carbonyl (C=O) groups is 1. The smallest absolute Gasteiger partial charge is 0.234 e. The van der Waals surface area contributed by atoms with Crippen molar-refractivity contribution in [1.82, 2.24) is 4.98 Å². The molecular weight excluding hydrogens is 336 g/mol. The van der Waals surface area contributed by atoms with Gasteiger partial charge in [-0.2, -0.15) is 0 Å². The van der Waals surface area contributed by atoms with Gasteiger partial charge in [-0.3, -0.25) is 9.69 Å². The molecule has 3 rings (SSSR count). The molecule has 0 aliphatic carbocycles. The molecular formula is C19H22N2O3S. The highest BCUT2D eigenvalue weighted by Crippen LogP contribution is 2.38. The Hall–Kier alpha value is -2.34. The second-order valence-corrected chi connectivity index (χ2v) is 7.96. The molecule has 0 aliphatic rings. The Labute approximate surface area is 151 Å². The fraction of sp³-hybridized carbons (Fsp3) is 0.368. The first-order valence-electron chi connectivity index (χ1n) is 8.09. The van der Waals surface area contributed by atoms with Crippen LogP contribution >= 0.6 is 11.3 Å². The summed E-state index contributed by atoms with van der Waals surface area (Å²) in [6, 6.07) is 7.60. The maximum Gasteiger partial charge on any atom is 0.234 e. The number of aromatic nitrogens is 1. The monoisotopic (exact) mass is 358 g/mol. The third-order valence-corrected chi connectivity index (χ3v) is 5.14. The molecule has 0 fully saturated rings. The van der Waals surface area contributed by atoms with Crippen molar-refractivity contribution in [2.24, 2.45) is 5.41 Å². The minimum Gasteiger partial charge on any atom is -0.494 e. The molecule has 5 nitrogen and oxygen atoms in total. The van der Waals surface area contributed by atoms with Crippen LogP contribution in [0.15, 0.2) is 34.9 Å². The van der Waals surface area contributed by atoms with E-state index in [1.54, 1.807) is 18.3 Å². The van der Waals surface area contributed by atoms with E-state index in [0.717, 1.165) is 21.5 Å². The predicted octanol–water partition coefficient (Wildman–Crippen LogP) is 4.79. The van der Waals surface area contributed by atoms with E-state index in [1.165, 1.54) is 11.3 Å². The van der Waals surface area contributed by atoms with E-state index < -0.39 is 5.41 Å². The van der Waals surface area contributed by atoms with Crippen molar-refractivity contribution in [2.45, 2.75) is 34.2 Å². The van der Waals surface area contributed by atoms with Gasteiger partial charge in [-0.25, -0.2) is 4.98 Å². The van der Waals surface area contributed by atoms with Crippen LogP contribution in [0.2, 0.25) is 0 Å². The third kappa shape index (κ3) is 3.39. The van der Waals surface area contributed by atoms with Gasteiger partial charge in [-0.05, 0) is 30.7 Å². The van der Waals surface area contributed by atoms with Crippen LogP contribution in [0.3, 0.4) is 0 Å². The molecule has 0 bridgehead atoms. The van der Waals surface area contributed by atoms with Crippen molar-refractivity contribution >= 4 is 32.6 Å². The Bertz CT molecular complexity index is 891. The zero-order valence-electron chi connectivity index (χ0n) is 15.1. The number of amides is 1. The largest absolute Gasteiger partial charge is 0.494 e. The van der Waals surface area contributed by atoms with Crippen LogP contribution in [0.25, 0.3) is 10.2 Å². The highest BCUT2D eigenvalue weighted by atomic mass is 32.1. The summed E-state index contributed by atoms with van der Waals surface area (Å²) in [6.07, 6.45) is 1.61. The van der Waals surface area contributed by atoms with Gasteiger partial charge < -0.3 is 9.15 Å². The van der Waals surface area contributed by atoms with Gasteiger partial charge in [-0.15, -0.1) is 0 Å². The van der Waals surface area contributed by atoms with Crippen molar-refractivity contribution in [1.29, 1.82) is 0 Å². The fourth-order valence-electron chi connectivity index (χ4n) is 2.57. The zero-order valence-corrected chi connectivity index (χ0v) is 15.9. The van der Waals surface area contributed by atoms with Crippen molar-refractivity contribution in [3.05, 3.63) is 41.9 Å². The SMILES string of the molecule is COc1ccc(C)c2sc(N(Cc3ccco3)C(=O)C(C)(C)C)nc12. The number of methoxy groups -OCH3 is 1. The maximum absolute atomic E-state index is 13.0. The second-order valence-electron chi connectivity index (χ2n) is 6.98. The van der Waals surface area contributed by atoms with Crippen molar-refractivity contribution in [2.75, 3.05) is 12.0 Å². The predicted molar refractivity (Wildman–Crippen MR) is 100 cm³/mol. The summed E-state index contributed by atoms with van der Waals surface area (Å²) in [6.45, 7) is 8.10. The molecule has 132 valence electrons. The van der Waals surface area contributed by atoms with Crippen molar-refractivity contribution < 1.29 is 13.9 Å². The van der Waals surface area contributed by atoms with Crippen molar-refractivity contribution in [3.63, 3.8) is 0 Å². The van der Waals surface area contributed by atoms with E-state index in [4.69, 9.17) is 14.1 Å². The summed E-state index contributed by atoms with van der Waals surface area (Å²) >= 11 is 1.50. The molecule has 0 saturated heterocycles. The van der Waals surface area contributed by atoms with Gasteiger partial charge in [0.2, 0.25) is 5.91 Å². The minimum absolute atomic E-state index is 0.000393. The molecule has 0 spiro atoms. The Morgan fingerprint density at radius 3 is 2.68 bits per heavy atom. The van der Waals surface area contributed by atoms with Crippen molar-refractivity contribution in [3.8, 4) is 5.75 Å². The summed E-state index contributed by atoms with van der Waals surface area (Å²) in [5, 5.41) is 0.652. The number of carbonyl (C=O) groups excluding carboxylic acids is 1. The van der Waals surface area contributed by atoms with Gasteiger partial charge in [0, 0.05) is 5.41 Å². The highest BCUT2D eigenvalue weighted by molar-refractivity contribution is 7.22. The van der Waals surface area contributed by atoms with Gasteiger partial charge in [0.25, 0.3) is 0 Å². The molecule has 6 heteroatoms. The van der Waals surface area contributed by atoms with Gasteiger partial charge in [0.05, 0.1) is 24.6 Å². The lowest BCUT2D eigenvalue weighted by molar-refractivity contribution is -0.126. The van der Waals surface area contributed by atoms with Crippen LogP contribution in [-0.4, -0.2) is 18.0 Å². The molecule has 0 saturated carbocycles. The van der Waals surface area contributed by atoms with E-state index in [1.807, 2.05) is 52.0 Å². The molecule has 25 heavy (non-hydrogen) atoms. The van der Waals surface area contributed by atoms with Crippen LogP contribution < -0.4 is 9.64 Å². The van der Waals surface area contributed by atoms with E-state index in [-0.39, 0.29) is 5.91 Å². The lowest BCUT2D eigenvalue weighted by Gasteiger charge is -2.26. The van der Waals surface area contributed by atoms with Crippen LogP contribution in [0.5, 0.6) is 5.75 Å². The number of hydrogen-bond donors (Lipinski definition) is 0. The molecule has 0 aliphatic heterocycles. The molecule has 1 amide bonds. The van der Waals surface area contributed by atoms with E-state index >= 15 is 0 Å². The molecule has 2 aromatic heterocycles. The summed E-state index contributed by atoms with van der Waals surface area (Å²) in [5.41, 5.74) is 1.37. The molecule has 3 aromatic rings. The molecule has 0 unspecified atom stereocenters. The van der Waals surface area contributed by atoms with E-state index in [2.05, 4.69) is 0 Å². The zero-order chi connectivity index (χ0) is 18.2. The Morgan fingerprint density at radius 2 is 2.08 bits per heavy atom. The summed E-state index contributed by atoms with van der Waals surface area (Å²) in [4.78, 5) is 19.4. The van der Waals surface area contributed by atoms with Crippen LogP contribution in [0, 0.1) is 12.3 Å². The van der Waals surface area contributed by atoms with E-state index in [9.17, 15) is 4.79 Å². The number of aryl methyl sites for hydroxylation is 1. The van der Waals surface area contributed by atoms with Crippen LogP contribution in [0.1, 0.15) is 32.1 Å². The number of anilines is 1. The number of thiazole rings is 1. The Morgan fingerprint density at radius 1 is 1.32 bits per heavy atom. The average molecular weight is 358 g/mol. The number of rotatable bonds is 4. The Balaban J connectivity index is 2.11. The topological polar surface area (TPSA) is 55.6 Å². The van der Waals surface area contributed by atoms with Gasteiger partial charge in [0.1, 0.15) is 17.0 Å². The average Bonchev–Trinajstić information content (AvgIpc) is 3.21. The van der Waals surface area contributed by atoms with Gasteiger partial charge in [0.15, 0.2) is 5.13 Å². The minimum atomic E-state index is -0.524. The summed E-state index contributed by atoms with van der Waals surface area (Å²) in [7, 11) is 1.63. The second kappa shape index (κ2) is 6.52.